The highest BCUT2D eigenvalue weighted by Crippen LogP contribution is 2.37. The Morgan fingerprint density at radius 2 is 2.33 bits per heavy atom. The van der Waals surface area contributed by atoms with Gasteiger partial charge in [0, 0.05) is 30.4 Å². The quantitative estimate of drug-likeness (QED) is 0.875. The maximum atomic E-state index is 6.21. The van der Waals surface area contributed by atoms with Crippen LogP contribution < -0.4 is 10.5 Å². The van der Waals surface area contributed by atoms with E-state index in [1.54, 1.807) is 13.3 Å². The predicted molar refractivity (Wildman–Crippen MR) is 86.3 cm³/mol. The summed E-state index contributed by atoms with van der Waals surface area (Å²) in [7, 11) is 1.68. The second kappa shape index (κ2) is 7.23. The van der Waals surface area contributed by atoms with Gasteiger partial charge in [-0.2, -0.15) is 0 Å². The van der Waals surface area contributed by atoms with Crippen molar-refractivity contribution in [2.75, 3.05) is 20.2 Å². The van der Waals surface area contributed by atoms with E-state index >= 15 is 0 Å². The topological polar surface area (TPSA) is 51.4 Å². The summed E-state index contributed by atoms with van der Waals surface area (Å²) in [5, 5.41) is 0. The van der Waals surface area contributed by atoms with Gasteiger partial charge >= 0.3 is 0 Å². The van der Waals surface area contributed by atoms with Gasteiger partial charge in [0.1, 0.15) is 0 Å². The molecular weight excluding hydrogens is 262 g/mol. The lowest BCUT2D eigenvalue weighted by molar-refractivity contribution is 0.0360. The predicted octanol–water partition coefficient (Wildman–Crippen LogP) is 2.82. The number of aromatic nitrogens is 1. The molecule has 2 atom stereocenters. The molecule has 1 aliphatic rings. The molecule has 1 aromatic rings. The van der Waals surface area contributed by atoms with Crippen LogP contribution in [-0.4, -0.2) is 35.6 Å². The molecule has 0 saturated heterocycles. The van der Waals surface area contributed by atoms with Crippen LogP contribution in [0.25, 0.3) is 0 Å². The molecule has 1 saturated carbocycles. The third-order valence-corrected chi connectivity index (χ3v) is 4.90. The number of likely N-dealkylation sites (N-methyl/N-ethyl adjacent to an activating group) is 1. The summed E-state index contributed by atoms with van der Waals surface area (Å²) in [5.41, 5.74) is 7.49. The summed E-state index contributed by atoms with van der Waals surface area (Å²) in [6.07, 6.45) is 6.78. The number of pyridine rings is 1. The van der Waals surface area contributed by atoms with Crippen LogP contribution >= 0.6 is 0 Å². The largest absolute Gasteiger partial charge is 0.481 e. The van der Waals surface area contributed by atoms with E-state index in [2.05, 4.69) is 29.8 Å². The first kappa shape index (κ1) is 16.2. The molecule has 2 unspecified atom stereocenters. The fourth-order valence-corrected chi connectivity index (χ4v) is 3.78. The van der Waals surface area contributed by atoms with E-state index in [9.17, 15) is 0 Å². The highest BCUT2D eigenvalue weighted by molar-refractivity contribution is 5.25. The van der Waals surface area contributed by atoms with Crippen molar-refractivity contribution in [1.82, 2.24) is 9.88 Å². The molecule has 4 nitrogen and oxygen atoms in total. The molecule has 0 radical (unpaired) electrons. The zero-order valence-corrected chi connectivity index (χ0v) is 13.6. The SMILES string of the molecule is CCN(Cc1cccnc1OC)C1(CN)CCCC(C)C1. The van der Waals surface area contributed by atoms with Crippen LogP contribution in [0.3, 0.4) is 0 Å². The second-order valence-electron chi connectivity index (χ2n) is 6.32. The smallest absolute Gasteiger partial charge is 0.217 e. The van der Waals surface area contributed by atoms with Crippen LogP contribution in [0.15, 0.2) is 18.3 Å². The van der Waals surface area contributed by atoms with Gasteiger partial charge in [0.2, 0.25) is 5.88 Å². The van der Waals surface area contributed by atoms with Crippen molar-refractivity contribution in [3.05, 3.63) is 23.9 Å². The average molecular weight is 291 g/mol. The number of methoxy groups -OCH3 is 1. The molecule has 21 heavy (non-hydrogen) atoms. The van der Waals surface area contributed by atoms with Crippen molar-refractivity contribution in [1.29, 1.82) is 0 Å². The van der Waals surface area contributed by atoms with Gasteiger partial charge in [-0.1, -0.05) is 32.8 Å². The van der Waals surface area contributed by atoms with E-state index in [4.69, 9.17) is 10.5 Å². The van der Waals surface area contributed by atoms with Crippen molar-refractivity contribution in [2.45, 2.75) is 51.6 Å². The molecule has 2 N–H and O–H groups in total. The standard InChI is InChI=1S/C17H29N3O/c1-4-20(12-15-8-6-10-19-16(15)21-3)17(13-18)9-5-7-14(2)11-17/h6,8,10,14H,4-5,7,9,11-13,18H2,1-3H3. The Hall–Kier alpha value is -1.13. The molecule has 0 bridgehead atoms. The highest BCUT2D eigenvalue weighted by Gasteiger charge is 2.38. The lowest BCUT2D eigenvalue weighted by atomic mass is 9.75. The third kappa shape index (κ3) is 3.55. The first-order chi connectivity index (χ1) is 10.1. The average Bonchev–Trinajstić information content (AvgIpc) is 2.52. The monoisotopic (exact) mass is 291 g/mol. The first-order valence-corrected chi connectivity index (χ1v) is 8.08. The maximum Gasteiger partial charge on any atom is 0.217 e. The van der Waals surface area contributed by atoms with Crippen LogP contribution in [-0.2, 0) is 6.54 Å². The summed E-state index contributed by atoms with van der Waals surface area (Å²) in [6.45, 7) is 7.16. The van der Waals surface area contributed by atoms with Crippen molar-refractivity contribution < 1.29 is 4.74 Å². The van der Waals surface area contributed by atoms with Gasteiger partial charge in [-0.15, -0.1) is 0 Å². The Morgan fingerprint density at radius 3 is 2.95 bits per heavy atom. The molecule has 0 spiro atoms. The van der Waals surface area contributed by atoms with Crippen LogP contribution in [0.1, 0.15) is 45.1 Å². The van der Waals surface area contributed by atoms with E-state index in [0.717, 1.165) is 37.0 Å². The lowest BCUT2D eigenvalue weighted by Crippen LogP contribution is -2.55. The molecule has 0 aromatic carbocycles. The third-order valence-electron chi connectivity index (χ3n) is 4.90. The Kier molecular flexibility index (Phi) is 5.59. The summed E-state index contributed by atoms with van der Waals surface area (Å²) < 4.78 is 5.40. The minimum atomic E-state index is 0.132. The molecule has 4 heteroatoms. The van der Waals surface area contributed by atoms with Crippen molar-refractivity contribution in [3.63, 3.8) is 0 Å². The lowest BCUT2D eigenvalue weighted by Gasteiger charge is -2.47. The Balaban J connectivity index is 2.21. The number of nitrogens with two attached hydrogens (primary N) is 1. The van der Waals surface area contributed by atoms with E-state index in [0.29, 0.717) is 0 Å². The number of hydrogen-bond acceptors (Lipinski definition) is 4. The molecule has 1 aliphatic carbocycles. The van der Waals surface area contributed by atoms with Crippen molar-refractivity contribution in [3.8, 4) is 5.88 Å². The molecule has 1 aromatic heterocycles. The molecular formula is C17H29N3O. The summed E-state index contributed by atoms with van der Waals surface area (Å²) in [6, 6.07) is 4.08. The van der Waals surface area contributed by atoms with E-state index in [-0.39, 0.29) is 5.54 Å². The fraction of sp³-hybridized carbons (Fsp3) is 0.706. The Morgan fingerprint density at radius 1 is 1.52 bits per heavy atom. The van der Waals surface area contributed by atoms with Crippen LogP contribution in [0, 0.1) is 5.92 Å². The van der Waals surface area contributed by atoms with E-state index < -0.39 is 0 Å². The fourth-order valence-electron chi connectivity index (χ4n) is 3.78. The van der Waals surface area contributed by atoms with Gasteiger partial charge in [-0.25, -0.2) is 4.98 Å². The van der Waals surface area contributed by atoms with Gasteiger partial charge in [-0.05, 0) is 31.4 Å². The van der Waals surface area contributed by atoms with Crippen LogP contribution in [0.5, 0.6) is 5.88 Å². The number of rotatable bonds is 6. The van der Waals surface area contributed by atoms with Crippen LogP contribution in [0.4, 0.5) is 0 Å². The molecule has 118 valence electrons. The van der Waals surface area contributed by atoms with Gasteiger partial charge < -0.3 is 10.5 Å². The summed E-state index contributed by atoms with van der Waals surface area (Å²) in [5.74, 6) is 1.49. The van der Waals surface area contributed by atoms with Gasteiger partial charge in [0.25, 0.3) is 0 Å². The maximum absolute atomic E-state index is 6.21. The van der Waals surface area contributed by atoms with Gasteiger partial charge in [0.05, 0.1) is 7.11 Å². The molecule has 1 fully saturated rings. The molecule has 0 amide bonds. The summed E-state index contributed by atoms with van der Waals surface area (Å²) >= 11 is 0. The summed E-state index contributed by atoms with van der Waals surface area (Å²) in [4.78, 5) is 6.84. The van der Waals surface area contributed by atoms with Crippen molar-refractivity contribution >= 4 is 0 Å². The Labute approximate surface area is 128 Å². The molecule has 2 rings (SSSR count). The minimum absolute atomic E-state index is 0.132. The number of ether oxygens (including phenoxy) is 1. The zero-order chi connectivity index (χ0) is 15.3. The van der Waals surface area contributed by atoms with Gasteiger partial charge in [0.15, 0.2) is 0 Å². The first-order valence-electron chi connectivity index (χ1n) is 8.08. The van der Waals surface area contributed by atoms with Crippen LogP contribution in [0.2, 0.25) is 0 Å². The molecule has 1 heterocycles. The minimum Gasteiger partial charge on any atom is -0.481 e. The second-order valence-corrected chi connectivity index (χ2v) is 6.32. The van der Waals surface area contributed by atoms with Crippen molar-refractivity contribution in [2.24, 2.45) is 11.7 Å². The number of hydrogen-bond donors (Lipinski definition) is 1. The van der Waals surface area contributed by atoms with E-state index in [1.807, 2.05) is 6.07 Å². The Bertz CT molecular complexity index is 451. The zero-order valence-electron chi connectivity index (χ0n) is 13.6. The van der Waals surface area contributed by atoms with Gasteiger partial charge in [-0.3, -0.25) is 4.90 Å². The number of nitrogens with zero attached hydrogens (tertiary/aromatic N) is 2. The van der Waals surface area contributed by atoms with E-state index in [1.165, 1.54) is 25.7 Å². The normalized spacial score (nSPS) is 26.0. The molecule has 0 aliphatic heterocycles. The highest BCUT2D eigenvalue weighted by atomic mass is 16.5.